The van der Waals surface area contributed by atoms with Gasteiger partial charge in [-0.25, -0.2) is 4.98 Å². The standard InChI is InChI=1S/C15H23N3O2S/c1-10(2)15(4,20)9-16-13(19)6-5-12-8-21-14-17-11(3)7-18(12)14/h7-8,10,20H,5-6,9H2,1-4H3,(H,16,19). The summed E-state index contributed by atoms with van der Waals surface area (Å²) in [7, 11) is 0. The molecular formula is C15H23N3O2S. The van der Waals surface area contributed by atoms with Crippen molar-refractivity contribution in [1.82, 2.24) is 14.7 Å². The van der Waals surface area contributed by atoms with Crippen molar-refractivity contribution in [3.05, 3.63) is 23.0 Å². The lowest BCUT2D eigenvalue weighted by Crippen LogP contribution is -2.44. The zero-order valence-electron chi connectivity index (χ0n) is 13.0. The molecule has 0 spiro atoms. The van der Waals surface area contributed by atoms with Crippen molar-refractivity contribution in [3.8, 4) is 0 Å². The van der Waals surface area contributed by atoms with E-state index in [2.05, 4.69) is 10.3 Å². The van der Waals surface area contributed by atoms with Gasteiger partial charge in [-0.3, -0.25) is 9.20 Å². The van der Waals surface area contributed by atoms with Crippen LogP contribution < -0.4 is 5.32 Å². The minimum Gasteiger partial charge on any atom is -0.388 e. The molecule has 1 atom stereocenters. The number of nitrogens with zero attached hydrogens (tertiary/aromatic N) is 2. The summed E-state index contributed by atoms with van der Waals surface area (Å²) >= 11 is 1.59. The molecule has 2 N–H and O–H groups in total. The Bertz CT molecular complexity index is 628. The fraction of sp³-hybridized carbons (Fsp3) is 0.600. The highest BCUT2D eigenvalue weighted by Crippen LogP contribution is 2.18. The SMILES string of the molecule is Cc1cn2c(CCC(=O)NCC(C)(O)C(C)C)csc2n1. The predicted octanol–water partition coefficient (Wildman–Crippen LogP) is 2.16. The molecule has 116 valence electrons. The lowest BCUT2D eigenvalue weighted by Gasteiger charge is -2.27. The van der Waals surface area contributed by atoms with E-state index >= 15 is 0 Å². The Morgan fingerprint density at radius 1 is 1.57 bits per heavy atom. The van der Waals surface area contributed by atoms with Crippen LogP contribution in [0.5, 0.6) is 0 Å². The molecule has 0 radical (unpaired) electrons. The number of hydrogen-bond acceptors (Lipinski definition) is 4. The largest absolute Gasteiger partial charge is 0.388 e. The molecule has 0 saturated carbocycles. The molecule has 1 amide bonds. The quantitative estimate of drug-likeness (QED) is 0.859. The Morgan fingerprint density at radius 2 is 2.29 bits per heavy atom. The maximum atomic E-state index is 11.9. The summed E-state index contributed by atoms with van der Waals surface area (Å²) in [6.07, 6.45) is 3.07. The number of amides is 1. The van der Waals surface area contributed by atoms with E-state index in [-0.39, 0.29) is 18.4 Å². The van der Waals surface area contributed by atoms with Crippen LogP contribution in [0, 0.1) is 12.8 Å². The lowest BCUT2D eigenvalue weighted by atomic mass is 9.92. The monoisotopic (exact) mass is 309 g/mol. The number of aliphatic hydroxyl groups is 1. The number of nitrogens with one attached hydrogen (secondary N) is 1. The van der Waals surface area contributed by atoms with Gasteiger partial charge in [-0.2, -0.15) is 0 Å². The van der Waals surface area contributed by atoms with Crippen LogP contribution in [0.25, 0.3) is 4.96 Å². The Labute approximate surface area is 129 Å². The molecule has 6 heteroatoms. The van der Waals surface area contributed by atoms with Crippen LogP contribution >= 0.6 is 11.3 Å². The second-order valence-electron chi connectivity index (χ2n) is 6.05. The van der Waals surface area contributed by atoms with Gasteiger partial charge < -0.3 is 10.4 Å². The highest BCUT2D eigenvalue weighted by molar-refractivity contribution is 7.15. The predicted molar refractivity (Wildman–Crippen MR) is 84.6 cm³/mol. The number of carbonyl (C=O) groups excluding carboxylic acids is 1. The molecule has 0 aliphatic carbocycles. The smallest absolute Gasteiger partial charge is 0.220 e. The van der Waals surface area contributed by atoms with Crippen molar-refractivity contribution in [2.45, 2.75) is 46.1 Å². The summed E-state index contributed by atoms with van der Waals surface area (Å²) < 4.78 is 2.04. The molecule has 0 aromatic carbocycles. The molecule has 5 nitrogen and oxygen atoms in total. The minimum atomic E-state index is -0.868. The van der Waals surface area contributed by atoms with E-state index in [1.54, 1.807) is 18.3 Å². The zero-order valence-corrected chi connectivity index (χ0v) is 13.8. The van der Waals surface area contributed by atoms with E-state index in [9.17, 15) is 9.90 Å². The zero-order chi connectivity index (χ0) is 15.6. The van der Waals surface area contributed by atoms with Gasteiger partial charge in [-0.1, -0.05) is 13.8 Å². The lowest BCUT2D eigenvalue weighted by molar-refractivity contribution is -0.122. The summed E-state index contributed by atoms with van der Waals surface area (Å²) in [6, 6.07) is 0. The first-order valence-corrected chi connectivity index (χ1v) is 8.08. The van der Waals surface area contributed by atoms with E-state index in [1.807, 2.05) is 36.7 Å². The van der Waals surface area contributed by atoms with Gasteiger partial charge in [0, 0.05) is 30.2 Å². The third-order valence-electron chi connectivity index (χ3n) is 3.90. The Hall–Kier alpha value is -1.40. The molecule has 0 saturated heterocycles. The molecule has 0 fully saturated rings. The number of thiazole rings is 1. The van der Waals surface area contributed by atoms with E-state index in [0.717, 1.165) is 16.3 Å². The molecular weight excluding hydrogens is 286 g/mol. The summed E-state index contributed by atoms with van der Waals surface area (Å²) in [6.45, 7) is 7.87. The summed E-state index contributed by atoms with van der Waals surface area (Å²) in [4.78, 5) is 17.3. The number of carbonyl (C=O) groups is 1. The molecule has 2 aromatic heterocycles. The first-order valence-electron chi connectivity index (χ1n) is 7.21. The van der Waals surface area contributed by atoms with E-state index in [1.165, 1.54) is 0 Å². The van der Waals surface area contributed by atoms with Crippen molar-refractivity contribution in [2.24, 2.45) is 5.92 Å². The van der Waals surface area contributed by atoms with Gasteiger partial charge in [0.25, 0.3) is 0 Å². The van der Waals surface area contributed by atoms with Crippen LogP contribution in [0.2, 0.25) is 0 Å². The van der Waals surface area contributed by atoms with Crippen molar-refractivity contribution < 1.29 is 9.90 Å². The maximum Gasteiger partial charge on any atom is 0.220 e. The molecule has 1 unspecified atom stereocenters. The minimum absolute atomic E-state index is 0.0351. The van der Waals surface area contributed by atoms with Gasteiger partial charge in [0.15, 0.2) is 4.96 Å². The average Bonchev–Trinajstić information content (AvgIpc) is 2.93. The first kappa shape index (κ1) is 16.0. The number of aryl methyl sites for hydroxylation is 2. The Morgan fingerprint density at radius 3 is 2.95 bits per heavy atom. The number of imidazole rings is 1. The van der Waals surface area contributed by atoms with Gasteiger partial charge in [0.2, 0.25) is 5.91 Å². The maximum absolute atomic E-state index is 11.9. The van der Waals surface area contributed by atoms with Crippen molar-refractivity contribution in [3.63, 3.8) is 0 Å². The van der Waals surface area contributed by atoms with Gasteiger partial charge in [-0.05, 0) is 26.2 Å². The van der Waals surface area contributed by atoms with Crippen LogP contribution in [0.3, 0.4) is 0 Å². The van der Waals surface area contributed by atoms with E-state index in [4.69, 9.17) is 0 Å². The number of fused-ring (bicyclic) bond motifs is 1. The van der Waals surface area contributed by atoms with Gasteiger partial charge in [-0.15, -0.1) is 11.3 Å². The third-order valence-corrected chi connectivity index (χ3v) is 4.79. The topological polar surface area (TPSA) is 66.6 Å². The van der Waals surface area contributed by atoms with Crippen molar-refractivity contribution >= 4 is 22.2 Å². The summed E-state index contributed by atoms with van der Waals surface area (Å²) in [5.74, 6) is 0.0651. The number of rotatable bonds is 6. The molecule has 0 aliphatic rings. The van der Waals surface area contributed by atoms with Gasteiger partial charge >= 0.3 is 0 Å². The molecule has 2 aromatic rings. The van der Waals surface area contributed by atoms with Gasteiger partial charge in [0.05, 0.1) is 11.3 Å². The third kappa shape index (κ3) is 3.83. The molecule has 21 heavy (non-hydrogen) atoms. The number of hydrogen-bond donors (Lipinski definition) is 2. The van der Waals surface area contributed by atoms with E-state index in [0.29, 0.717) is 12.8 Å². The van der Waals surface area contributed by atoms with Crippen LogP contribution in [-0.4, -0.2) is 32.5 Å². The Kier molecular flexibility index (Phi) is 4.68. The van der Waals surface area contributed by atoms with Crippen LogP contribution in [-0.2, 0) is 11.2 Å². The van der Waals surface area contributed by atoms with Gasteiger partial charge in [0.1, 0.15) is 0 Å². The van der Waals surface area contributed by atoms with E-state index < -0.39 is 5.60 Å². The molecule has 0 aliphatic heterocycles. The average molecular weight is 309 g/mol. The molecule has 0 bridgehead atoms. The summed E-state index contributed by atoms with van der Waals surface area (Å²) in [5, 5.41) is 15.0. The first-order chi connectivity index (χ1) is 9.79. The Balaban J connectivity index is 1.87. The van der Waals surface area contributed by atoms with Crippen LogP contribution in [0.15, 0.2) is 11.6 Å². The summed E-state index contributed by atoms with van der Waals surface area (Å²) in [5.41, 5.74) is 1.22. The fourth-order valence-electron chi connectivity index (χ4n) is 1.93. The second kappa shape index (κ2) is 6.15. The number of aromatic nitrogens is 2. The fourth-order valence-corrected chi connectivity index (χ4v) is 2.89. The normalized spacial score (nSPS) is 14.6. The van der Waals surface area contributed by atoms with Crippen LogP contribution in [0.1, 0.15) is 38.6 Å². The molecule has 2 rings (SSSR count). The van der Waals surface area contributed by atoms with Crippen LogP contribution in [0.4, 0.5) is 0 Å². The van der Waals surface area contributed by atoms with Crippen molar-refractivity contribution in [2.75, 3.05) is 6.54 Å². The highest BCUT2D eigenvalue weighted by atomic mass is 32.1. The molecule has 2 heterocycles. The van der Waals surface area contributed by atoms with Crippen molar-refractivity contribution in [1.29, 1.82) is 0 Å². The second-order valence-corrected chi connectivity index (χ2v) is 6.89. The highest BCUT2D eigenvalue weighted by Gasteiger charge is 2.25.